The van der Waals surface area contributed by atoms with E-state index < -0.39 is 11.6 Å². The molecule has 86 valence electrons. The molecule has 0 fully saturated rings. The van der Waals surface area contributed by atoms with Crippen molar-refractivity contribution in [1.29, 1.82) is 0 Å². The maximum atomic E-state index is 11.9. The molecule has 2 aromatic carbocycles. The average Bonchev–Trinajstić information content (AvgIpc) is 2.47. The minimum absolute atomic E-state index is 0.302. The molecule has 0 unspecified atom stereocenters. The van der Waals surface area contributed by atoms with Gasteiger partial charge in [-0.05, 0) is 0 Å². The topological polar surface area (TPSA) is 38.5 Å². The zero-order valence-electron chi connectivity index (χ0n) is 9.46. The second kappa shape index (κ2) is 5.07. The Labute approximate surface area is 105 Å². The zero-order valence-corrected chi connectivity index (χ0v) is 9.46. The molecule has 0 atom stereocenters. The van der Waals surface area contributed by atoms with Crippen LogP contribution in [-0.2, 0) is 0 Å². The molecule has 0 N–H and O–H groups in total. The fraction of sp³-hybridized carbons (Fsp3) is 0. The van der Waals surface area contributed by atoms with Gasteiger partial charge in [0.15, 0.2) is 5.69 Å². The summed E-state index contributed by atoms with van der Waals surface area (Å²) in [5.41, 5.74) is 1.12. The van der Waals surface area contributed by atoms with Gasteiger partial charge in [-0.3, -0.25) is 9.59 Å². The van der Waals surface area contributed by atoms with Crippen LogP contribution in [0.25, 0.3) is 4.85 Å². The third kappa shape index (κ3) is 2.33. The van der Waals surface area contributed by atoms with E-state index in [1.165, 1.54) is 24.3 Å². The molecule has 0 saturated carbocycles. The molecule has 2 aromatic rings. The molecular formula is C15H9NO2. The van der Waals surface area contributed by atoms with Crippen molar-refractivity contribution in [3.63, 3.8) is 0 Å². The first kappa shape index (κ1) is 11.7. The second-order valence-electron chi connectivity index (χ2n) is 3.68. The minimum atomic E-state index is -0.558. The maximum Gasteiger partial charge on any atom is 0.233 e. The summed E-state index contributed by atoms with van der Waals surface area (Å²) < 4.78 is 0. The van der Waals surface area contributed by atoms with Gasteiger partial charge in [0.2, 0.25) is 11.6 Å². The van der Waals surface area contributed by atoms with E-state index in [0.717, 1.165) is 0 Å². The Kier molecular flexibility index (Phi) is 3.31. The number of nitrogens with zero attached hydrogens (tertiary/aromatic N) is 1. The van der Waals surface area contributed by atoms with E-state index in [1.807, 2.05) is 0 Å². The summed E-state index contributed by atoms with van der Waals surface area (Å²) in [5, 5.41) is 0. The lowest BCUT2D eigenvalue weighted by atomic mass is 10.0. The van der Waals surface area contributed by atoms with E-state index in [9.17, 15) is 9.59 Å². The maximum absolute atomic E-state index is 11.9. The molecule has 0 aliphatic carbocycles. The van der Waals surface area contributed by atoms with E-state index in [0.29, 0.717) is 16.8 Å². The standard InChI is InChI=1S/C15H9NO2/c1-16-13-9-7-12(8-10-13)15(18)14(17)11-5-3-2-4-6-11/h2-10H. The molecule has 2 rings (SSSR count). The fourth-order valence-electron chi connectivity index (χ4n) is 1.54. The van der Waals surface area contributed by atoms with Crippen LogP contribution in [0.5, 0.6) is 0 Å². The largest absolute Gasteiger partial charge is 0.285 e. The zero-order chi connectivity index (χ0) is 13.0. The summed E-state index contributed by atoms with van der Waals surface area (Å²) >= 11 is 0. The van der Waals surface area contributed by atoms with Gasteiger partial charge in [0.05, 0.1) is 6.57 Å². The molecule has 0 radical (unpaired) electrons. The van der Waals surface area contributed by atoms with Crippen molar-refractivity contribution in [2.45, 2.75) is 0 Å². The van der Waals surface area contributed by atoms with Gasteiger partial charge in [0.25, 0.3) is 0 Å². The highest BCUT2D eigenvalue weighted by Gasteiger charge is 2.17. The van der Waals surface area contributed by atoms with E-state index in [1.54, 1.807) is 30.3 Å². The van der Waals surface area contributed by atoms with Gasteiger partial charge in [0, 0.05) is 11.1 Å². The van der Waals surface area contributed by atoms with Crippen molar-refractivity contribution in [3.8, 4) is 0 Å². The van der Waals surface area contributed by atoms with Crippen LogP contribution in [-0.4, -0.2) is 11.6 Å². The number of Topliss-reactive ketones (excluding diaryl/α,β-unsaturated/α-hetero) is 2. The average molecular weight is 235 g/mol. The van der Waals surface area contributed by atoms with Crippen molar-refractivity contribution in [3.05, 3.63) is 77.1 Å². The monoisotopic (exact) mass is 235 g/mol. The molecule has 0 amide bonds. The minimum Gasteiger partial charge on any atom is -0.285 e. The number of hydrogen-bond donors (Lipinski definition) is 0. The first-order valence-corrected chi connectivity index (χ1v) is 5.34. The first-order valence-electron chi connectivity index (χ1n) is 5.34. The molecule has 0 spiro atoms. The number of benzene rings is 2. The van der Waals surface area contributed by atoms with Crippen molar-refractivity contribution in [2.75, 3.05) is 0 Å². The molecule has 0 aromatic heterocycles. The van der Waals surface area contributed by atoms with Crippen molar-refractivity contribution < 1.29 is 9.59 Å². The van der Waals surface area contributed by atoms with Crippen LogP contribution in [0.2, 0.25) is 0 Å². The third-order valence-corrected chi connectivity index (χ3v) is 2.50. The van der Waals surface area contributed by atoms with Gasteiger partial charge in [0.1, 0.15) is 0 Å². The van der Waals surface area contributed by atoms with Crippen LogP contribution in [0, 0.1) is 6.57 Å². The molecular weight excluding hydrogens is 226 g/mol. The molecule has 3 nitrogen and oxygen atoms in total. The van der Waals surface area contributed by atoms with Gasteiger partial charge in [-0.25, -0.2) is 4.85 Å². The summed E-state index contributed by atoms with van der Waals surface area (Å²) in [4.78, 5) is 27.0. The summed E-state index contributed by atoms with van der Waals surface area (Å²) in [6.07, 6.45) is 0. The highest BCUT2D eigenvalue weighted by molar-refractivity contribution is 6.49. The Bertz CT molecular complexity index is 622. The summed E-state index contributed by atoms with van der Waals surface area (Å²) in [5.74, 6) is -1.09. The first-order chi connectivity index (χ1) is 8.72. The lowest BCUT2D eigenvalue weighted by Gasteiger charge is -2.00. The molecule has 0 heterocycles. The van der Waals surface area contributed by atoms with Crippen LogP contribution >= 0.6 is 0 Å². The van der Waals surface area contributed by atoms with Gasteiger partial charge < -0.3 is 0 Å². The molecule has 0 aliphatic rings. The molecule has 0 aliphatic heterocycles. The van der Waals surface area contributed by atoms with E-state index in [2.05, 4.69) is 4.85 Å². The number of carbonyl (C=O) groups excluding carboxylic acids is 2. The Morgan fingerprint density at radius 3 is 1.78 bits per heavy atom. The van der Waals surface area contributed by atoms with Gasteiger partial charge >= 0.3 is 0 Å². The highest BCUT2D eigenvalue weighted by Crippen LogP contribution is 2.14. The molecule has 0 bridgehead atoms. The van der Waals surface area contributed by atoms with E-state index in [-0.39, 0.29) is 0 Å². The highest BCUT2D eigenvalue weighted by atomic mass is 16.2. The van der Waals surface area contributed by atoms with Crippen LogP contribution in [0.3, 0.4) is 0 Å². The normalized spacial score (nSPS) is 9.50. The Hall–Kier alpha value is -2.73. The number of hydrogen-bond acceptors (Lipinski definition) is 2. The van der Waals surface area contributed by atoms with E-state index >= 15 is 0 Å². The summed E-state index contributed by atoms with van der Waals surface area (Å²) in [6, 6.07) is 14.5. The smallest absolute Gasteiger partial charge is 0.233 e. The lowest BCUT2D eigenvalue weighted by Crippen LogP contribution is -2.14. The Balaban J connectivity index is 2.27. The molecule has 18 heavy (non-hydrogen) atoms. The fourth-order valence-corrected chi connectivity index (χ4v) is 1.54. The van der Waals surface area contributed by atoms with E-state index in [4.69, 9.17) is 6.57 Å². The quantitative estimate of drug-likeness (QED) is 0.465. The number of rotatable bonds is 3. The summed E-state index contributed by atoms with van der Waals surface area (Å²) in [7, 11) is 0. The van der Waals surface area contributed by atoms with Crippen molar-refractivity contribution in [2.24, 2.45) is 0 Å². The lowest BCUT2D eigenvalue weighted by molar-refractivity contribution is 0.0817. The van der Waals surface area contributed by atoms with Crippen LogP contribution < -0.4 is 0 Å². The predicted octanol–water partition coefficient (Wildman–Crippen LogP) is 3.30. The van der Waals surface area contributed by atoms with Crippen molar-refractivity contribution in [1.82, 2.24) is 0 Å². The molecule has 0 saturated heterocycles. The number of carbonyl (C=O) groups is 2. The van der Waals surface area contributed by atoms with Gasteiger partial charge in [-0.1, -0.05) is 54.6 Å². The SMILES string of the molecule is [C-]#[N+]c1ccc(C(=O)C(=O)c2ccccc2)cc1. The van der Waals surface area contributed by atoms with Gasteiger partial charge in [-0.15, -0.1) is 0 Å². The Morgan fingerprint density at radius 2 is 1.28 bits per heavy atom. The van der Waals surface area contributed by atoms with Gasteiger partial charge in [-0.2, -0.15) is 0 Å². The van der Waals surface area contributed by atoms with Crippen molar-refractivity contribution >= 4 is 17.3 Å². The second-order valence-corrected chi connectivity index (χ2v) is 3.68. The predicted molar refractivity (Wildman–Crippen MR) is 67.8 cm³/mol. The summed E-state index contributed by atoms with van der Waals surface area (Å²) in [6.45, 7) is 6.81. The van der Waals surface area contributed by atoms with Crippen LogP contribution in [0.4, 0.5) is 5.69 Å². The third-order valence-electron chi connectivity index (χ3n) is 2.50. The Morgan fingerprint density at radius 1 is 0.778 bits per heavy atom. The molecule has 3 heteroatoms. The number of ketones is 2. The van der Waals surface area contributed by atoms with Crippen LogP contribution in [0.1, 0.15) is 20.7 Å². The van der Waals surface area contributed by atoms with Crippen LogP contribution in [0.15, 0.2) is 54.6 Å².